The average Bonchev–Trinajstić information content (AvgIpc) is 2.37. The van der Waals surface area contributed by atoms with Gasteiger partial charge in [0.05, 0.1) is 12.0 Å². The number of carbonyl (C=O) groups excluding carboxylic acids is 1. The number of nitrogens with zero attached hydrogens (tertiary/aromatic N) is 1. The van der Waals surface area contributed by atoms with Crippen molar-refractivity contribution in [2.24, 2.45) is 0 Å². The quantitative estimate of drug-likeness (QED) is 0.751. The molecule has 0 radical (unpaired) electrons. The van der Waals surface area contributed by atoms with Gasteiger partial charge in [0.1, 0.15) is 6.04 Å². The van der Waals surface area contributed by atoms with Gasteiger partial charge in [-0.25, -0.2) is 8.42 Å². The summed E-state index contributed by atoms with van der Waals surface area (Å²) in [4.78, 5) is 11.5. The average molecular weight is 257 g/mol. The highest BCUT2D eigenvalue weighted by Crippen LogP contribution is 2.16. The Morgan fingerprint density at radius 1 is 1.29 bits per heavy atom. The van der Waals surface area contributed by atoms with Crippen LogP contribution < -0.4 is 0 Å². The minimum absolute atomic E-state index is 0.151. The molecule has 0 aliphatic carbocycles. The highest BCUT2D eigenvalue weighted by atomic mass is 32.2. The predicted molar refractivity (Wildman–Crippen MR) is 62.9 cm³/mol. The molecule has 0 fully saturated rings. The summed E-state index contributed by atoms with van der Waals surface area (Å²) >= 11 is 0. The molecule has 0 bridgehead atoms. The topological polar surface area (TPSA) is 63.7 Å². The molecule has 0 amide bonds. The van der Waals surface area contributed by atoms with Gasteiger partial charge in [0, 0.05) is 7.05 Å². The fourth-order valence-electron chi connectivity index (χ4n) is 1.29. The zero-order valence-electron chi connectivity index (χ0n) is 9.95. The molecule has 0 saturated carbocycles. The third kappa shape index (κ3) is 2.83. The summed E-state index contributed by atoms with van der Waals surface area (Å²) in [5.41, 5.74) is 0. The Kier molecular flexibility index (Phi) is 4.25. The van der Waals surface area contributed by atoms with Crippen LogP contribution in [0.1, 0.15) is 6.92 Å². The molecule has 0 spiro atoms. The largest absolute Gasteiger partial charge is 0.468 e. The van der Waals surface area contributed by atoms with Gasteiger partial charge in [-0.1, -0.05) is 18.2 Å². The minimum atomic E-state index is -3.66. The van der Waals surface area contributed by atoms with Crippen LogP contribution >= 0.6 is 0 Å². The molecule has 1 aromatic carbocycles. The van der Waals surface area contributed by atoms with E-state index in [0.717, 1.165) is 4.31 Å². The molecule has 1 aromatic rings. The molecule has 94 valence electrons. The van der Waals surface area contributed by atoms with E-state index in [9.17, 15) is 13.2 Å². The SMILES string of the molecule is COC(=O)C(C)N(C)S(=O)(=O)c1ccccc1. The maximum Gasteiger partial charge on any atom is 0.323 e. The maximum absolute atomic E-state index is 12.1. The number of esters is 1. The molecule has 5 nitrogen and oxygen atoms in total. The Morgan fingerprint density at radius 2 is 1.82 bits per heavy atom. The molecule has 1 rings (SSSR count). The molecule has 17 heavy (non-hydrogen) atoms. The number of likely N-dealkylation sites (N-methyl/N-ethyl adjacent to an activating group) is 1. The van der Waals surface area contributed by atoms with Crippen LogP contribution in [0.3, 0.4) is 0 Å². The van der Waals surface area contributed by atoms with Gasteiger partial charge in [-0.3, -0.25) is 4.79 Å². The lowest BCUT2D eigenvalue weighted by molar-refractivity contribution is -0.144. The Bertz CT molecular complexity index is 483. The molecule has 0 aliphatic rings. The number of hydrogen-bond acceptors (Lipinski definition) is 4. The molecule has 0 N–H and O–H groups in total. The summed E-state index contributed by atoms with van der Waals surface area (Å²) in [6, 6.07) is 7.09. The maximum atomic E-state index is 12.1. The van der Waals surface area contributed by atoms with Crippen LogP contribution in [0.25, 0.3) is 0 Å². The van der Waals surface area contributed by atoms with Crippen LogP contribution in [0.5, 0.6) is 0 Å². The van der Waals surface area contributed by atoms with Crippen molar-refractivity contribution in [3.05, 3.63) is 30.3 Å². The van der Waals surface area contributed by atoms with Crippen LogP contribution in [-0.2, 0) is 19.6 Å². The fourth-order valence-corrected chi connectivity index (χ4v) is 2.62. The fraction of sp³-hybridized carbons (Fsp3) is 0.364. The van der Waals surface area contributed by atoms with Gasteiger partial charge in [-0.2, -0.15) is 4.31 Å². The summed E-state index contributed by atoms with van der Waals surface area (Å²) in [5.74, 6) is -0.591. The van der Waals surface area contributed by atoms with E-state index in [4.69, 9.17) is 0 Å². The highest BCUT2D eigenvalue weighted by Gasteiger charge is 2.29. The third-order valence-corrected chi connectivity index (χ3v) is 4.45. The van der Waals surface area contributed by atoms with E-state index in [2.05, 4.69) is 4.74 Å². The van der Waals surface area contributed by atoms with Crippen LogP contribution in [0.2, 0.25) is 0 Å². The van der Waals surface area contributed by atoms with Crippen molar-refractivity contribution in [1.29, 1.82) is 0 Å². The molecule has 6 heteroatoms. The zero-order valence-corrected chi connectivity index (χ0v) is 10.8. The molecule has 0 saturated heterocycles. The van der Waals surface area contributed by atoms with Gasteiger partial charge in [0.25, 0.3) is 0 Å². The molecular weight excluding hydrogens is 242 g/mol. The monoisotopic (exact) mass is 257 g/mol. The lowest BCUT2D eigenvalue weighted by Gasteiger charge is -2.22. The first-order valence-corrected chi connectivity index (χ1v) is 6.46. The van der Waals surface area contributed by atoms with Gasteiger partial charge >= 0.3 is 5.97 Å². The van der Waals surface area contributed by atoms with Crippen molar-refractivity contribution in [2.45, 2.75) is 17.9 Å². The van der Waals surface area contributed by atoms with Crippen molar-refractivity contribution < 1.29 is 17.9 Å². The number of benzene rings is 1. The number of rotatable bonds is 4. The van der Waals surface area contributed by atoms with Crippen LogP contribution in [0, 0.1) is 0 Å². The molecule has 0 aromatic heterocycles. The van der Waals surface area contributed by atoms with Crippen molar-refractivity contribution in [3.63, 3.8) is 0 Å². The standard InChI is InChI=1S/C11H15NO4S/c1-9(11(13)16-3)12(2)17(14,15)10-7-5-4-6-8-10/h4-9H,1-3H3. The lowest BCUT2D eigenvalue weighted by atomic mass is 10.3. The van der Waals surface area contributed by atoms with E-state index < -0.39 is 22.0 Å². The van der Waals surface area contributed by atoms with Crippen LogP contribution in [-0.4, -0.2) is 38.9 Å². The molecule has 0 heterocycles. The molecule has 1 unspecified atom stereocenters. The van der Waals surface area contributed by atoms with E-state index in [0.29, 0.717) is 0 Å². The van der Waals surface area contributed by atoms with E-state index >= 15 is 0 Å². The van der Waals surface area contributed by atoms with Crippen molar-refractivity contribution in [1.82, 2.24) is 4.31 Å². The Labute approximate surface area is 101 Å². The van der Waals surface area contributed by atoms with E-state index in [1.807, 2.05) is 0 Å². The second-order valence-electron chi connectivity index (χ2n) is 3.53. The number of sulfonamides is 1. The number of ether oxygens (including phenoxy) is 1. The van der Waals surface area contributed by atoms with E-state index in [-0.39, 0.29) is 4.90 Å². The number of methoxy groups -OCH3 is 1. The molecular formula is C11H15NO4S. The summed E-state index contributed by atoms with van der Waals surface area (Å²) in [7, 11) is -1.09. The first-order valence-electron chi connectivity index (χ1n) is 5.02. The minimum Gasteiger partial charge on any atom is -0.468 e. The third-order valence-electron chi connectivity index (χ3n) is 2.51. The van der Waals surface area contributed by atoms with E-state index in [1.54, 1.807) is 18.2 Å². The lowest BCUT2D eigenvalue weighted by Crippen LogP contribution is -2.40. The van der Waals surface area contributed by atoms with Crippen LogP contribution in [0.4, 0.5) is 0 Å². The van der Waals surface area contributed by atoms with Gasteiger partial charge in [-0.05, 0) is 19.1 Å². The van der Waals surface area contributed by atoms with Gasteiger partial charge in [-0.15, -0.1) is 0 Å². The second kappa shape index (κ2) is 5.29. The van der Waals surface area contributed by atoms with Crippen LogP contribution in [0.15, 0.2) is 35.2 Å². The predicted octanol–water partition coefficient (Wildman–Crippen LogP) is 0.869. The van der Waals surface area contributed by atoms with Gasteiger partial charge < -0.3 is 4.74 Å². The molecule has 1 atom stereocenters. The van der Waals surface area contributed by atoms with E-state index in [1.165, 1.54) is 33.2 Å². The summed E-state index contributed by atoms with van der Waals surface area (Å²) in [6.45, 7) is 1.48. The first-order chi connectivity index (χ1) is 7.91. The highest BCUT2D eigenvalue weighted by molar-refractivity contribution is 7.89. The summed E-state index contributed by atoms with van der Waals surface area (Å²) in [6.07, 6.45) is 0. The number of hydrogen-bond donors (Lipinski definition) is 0. The Hall–Kier alpha value is -1.40. The van der Waals surface area contributed by atoms with Crippen molar-refractivity contribution in [3.8, 4) is 0 Å². The first kappa shape index (κ1) is 13.7. The smallest absolute Gasteiger partial charge is 0.323 e. The summed E-state index contributed by atoms with van der Waals surface area (Å²) < 4.78 is 29.7. The second-order valence-corrected chi connectivity index (χ2v) is 5.53. The van der Waals surface area contributed by atoms with Crippen molar-refractivity contribution >= 4 is 16.0 Å². The van der Waals surface area contributed by atoms with Gasteiger partial charge in [0.2, 0.25) is 10.0 Å². The van der Waals surface area contributed by atoms with Crippen molar-refractivity contribution in [2.75, 3.05) is 14.2 Å². The normalized spacial score (nSPS) is 13.4. The van der Waals surface area contributed by atoms with Gasteiger partial charge in [0.15, 0.2) is 0 Å². The Morgan fingerprint density at radius 3 is 2.29 bits per heavy atom. The number of carbonyl (C=O) groups is 1. The molecule has 0 aliphatic heterocycles. The summed E-state index contributed by atoms with van der Waals surface area (Å²) in [5, 5.41) is 0. The zero-order chi connectivity index (χ0) is 13.1. The Balaban J connectivity index is 3.04.